The molecule has 1 atom stereocenters. The number of rotatable bonds is 5. The molecule has 3 aromatic rings. The summed E-state index contributed by atoms with van der Waals surface area (Å²) in [5.41, 5.74) is 2.48. The monoisotopic (exact) mass is 457 g/mol. The summed E-state index contributed by atoms with van der Waals surface area (Å²) >= 11 is 1.43. The molecule has 1 saturated heterocycles. The molecule has 1 unspecified atom stereocenters. The van der Waals surface area contributed by atoms with Crippen molar-refractivity contribution in [2.24, 2.45) is 0 Å². The minimum absolute atomic E-state index is 0.00280. The number of anilines is 1. The molecule has 1 aliphatic rings. The maximum atomic E-state index is 13.0. The first-order chi connectivity index (χ1) is 14.8. The molecular formula is C23H27N3O3S2. The van der Waals surface area contributed by atoms with Crippen molar-refractivity contribution >= 4 is 42.6 Å². The van der Waals surface area contributed by atoms with E-state index in [1.165, 1.54) is 29.0 Å². The van der Waals surface area contributed by atoms with E-state index < -0.39 is 10.0 Å². The first-order valence-electron chi connectivity index (χ1n) is 10.6. The number of nitrogens with zero attached hydrogens (tertiary/aromatic N) is 2. The number of aromatic nitrogens is 1. The second-order valence-electron chi connectivity index (χ2n) is 8.34. The van der Waals surface area contributed by atoms with Crippen LogP contribution in [0.2, 0.25) is 0 Å². The number of fused-ring (bicyclic) bond motifs is 1. The van der Waals surface area contributed by atoms with Gasteiger partial charge in [0.05, 0.1) is 15.1 Å². The molecule has 0 aliphatic carbocycles. The van der Waals surface area contributed by atoms with Gasteiger partial charge in [-0.3, -0.25) is 10.1 Å². The molecule has 1 amide bonds. The molecule has 0 spiro atoms. The maximum Gasteiger partial charge on any atom is 0.257 e. The maximum absolute atomic E-state index is 13.0. The lowest BCUT2D eigenvalue weighted by Gasteiger charge is -2.32. The van der Waals surface area contributed by atoms with Crippen LogP contribution in [0.25, 0.3) is 10.2 Å². The van der Waals surface area contributed by atoms with E-state index in [0.717, 1.165) is 29.5 Å². The predicted octanol–water partition coefficient (Wildman–Crippen LogP) is 5.24. The number of thiazole rings is 1. The van der Waals surface area contributed by atoms with Gasteiger partial charge in [0.15, 0.2) is 5.13 Å². The minimum Gasteiger partial charge on any atom is -0.298 e. The Bertz CT molecular complexity index is 1200. The van der Waals surface area contributed by atoms with Gasteiger partial charge < -0.3 is 0 Å². The molecule has 1 N–H and O–H groups in total. The number of carbonyl (C=O) groups is 1. The van der Waals surface area contributed by atoms with Gasteiger partial charge in [0, 0.05) is 18.2 Å². The molecule has 1 fully saturated rings. The lowest BCUT2D eigenvalue weighted by Crippen LogP contribution is -2.41. The summed E-state index contributed by atoms with van der Waals surface area (Å²) in [5.74, 6) is 0.116. The van der Waals surface area contributed by atoms with Gasteiger partial charge in [-0.1, -0.05) is 37.7 Å². The number of nitrogens with one attached hydrogen (secondary N) is 1. The van der Waals surface area contributed by atoms with Crippen molar-refractivity contribution in [1.82, 2.24) is 9.29 Å². The van der Waals surface area contributed by atoms with Crippen molar-refractivity contribution in [3.63, 3.8) is 0 Å². The Morgan fingerprint density at radius 1 is 1.16 bits per heavy atom. The summed E-state index contributed by atoms with van der Waals surface area (Å²) in [6.45, 7) is 6.77. The molecule has 6 nitrogen and oxygen atoms in total. The summed E-state index contributed by atoms with van der Waals surface area (Å²) in [6, 6.07) is 12.3. The van der Waals surface area contributed by atoms with E-state index in [9.17, 15) is 13.2 Å². The van der Waals surface area contributed by atoms with E-state index in [2.05, 4.69) is 36.3 Å². The number of amides is 1. The first kappa shape index (κ1) is 21.9. The van der Waals surface area contributed by atoms with Gasteiger partial charge in [-0.25, -0.2) is 13.4 Å². The van der Waals surface area contributed by atoms with Gasteiger partial charge in [0.2, 0.25) is 10.0 Å². The van der Waals surface area contributed by atoms with E-state index in [4.69, 9.17) is 0 Å². The van der Waals surface area contributed by atoms with E-state index in [-0.39, 0.29) is 16.8 Å². The molecule has 8 heteroatoms. The fourth-order valence-corrected chi connectivity index (χ4v) is 6.47. The smallest absolute Gasteiger partial charge is 0.257 e. The quantitative estimate of drug-likeness (QED) is 0.569. The van der Waals surface area contributed by atoms with Gasteiger partial charge in [-0.2, -0.15) is 4.31 Å². The van der Waals surface area contributed by atoms with Crippen molar-refractivity contribution in [1.29, 1.82) is 0 Å². The zero-order chi connectivity index (χ0) is 22.2. The van der Waals surface area contributed by atoms with Crippen LogP contribution in [-0.2, 0) is 10.0 Å². The van der Waals surface area contributed by atoms with Crippen LogP contribution in [0.5, 0.6) is 0 Å². The fourth-order valence-electron chi connectivity index (χ4n) is 3.87. The highest BCUT2D eigenvalue weighted by atomic mass is 32.2. The Hall–Kier alpha value is -2.29. The Morgan fingerprint density at radius 3 is 2.58 bits per heavy atom. The average Bonchev–Trinajstić information content (AvgIpc) is 3.15. The lowest BCUT2D eigenvalue weighted by molar-refractivity contribution is 0.102. The molecule has 2 aromatic carbocycles. The van der Waals surface area contributed by atoms with Crippen LogP contribution in [0.4, 0.5) is 5.13 Å². The van der Waals surface area contributed by atoms with Crippen LogP contribution in [0.1, 0.15) is 61.9 Å². The van der Waals surface area contributed by atoms with Crippen molar-refractivity contribution in [2.45, 2.75) is 56.9 Å². The van der Waals surface area contributed by atoms with Crippen LogP contribution >= 0.6 is 11.3 Å². The van der Waals surface area contributed by atoms with Gasteiger partial charge in [0.25, 0.3) is 5.91 Å². The SMILES string of the molecule is CC(C)c1ccc2nc(NC(=O)c3ccc(S(=O)(=O)N4CCCCC4C)cc3)sc2c1. The standard InChI is InChI=1S/C23H27N3O3S2/c1-15(2)18-9-12-20-21(14-18)30-23(24-20)25-22(27)17-7-10-19(11-8-17)31(28,29)26-13-5-4-6-16(26)3/h7-12,14-16H,4-6,13H2,1-3H3,(H,24,25,27). The first-order valence-corrected chi connectivity index (χ1v) is 12.8. The number of hydrogen-bond donors (Lipinski definition) is 1. The highest BCUT2D eigenvalue weighted by Crippen LogP contribution is 2.30. The highest BCUT2D eigenvalue weighted by Gasteiger charge is 2.30. The van der Waals surface area contributed by atoms with Gasteiger partial charge in [-0.15, -0.1) is 0 Å². The molecule has 164 valence electrons. The normalized spacial score (nSPS) is 17.9. The van der Waals surface area contributed by atoms with Crippen LogP contribution in [0, 0.1) is 0 Å². The zero-order valence-electron chi connectivity index (χ0n) is 18.0. The number of hydrogen-bond acceptors (Lipinski definition) is 5. The van der Waals surface area contributed by atoms with E-state index in [0.29, 0.717) is 23.2 Å². The third-order valence-corrected chi connectivity index (χ3v) is 8.73. The number of benzene rings is 2. The van der Waals surface area contributed by atoms with Gasteiger partial charge in [0.1, 0.15) is 0 Å². The predicted molar refractivity (Wildman–Crippen MR) is 125 cm³/mol. The van der Waals surface area contributed by atoms with Crippen molar-refractivity contribution in [3.8, 4) is 0 Å². The van der Waals surface area contributed by atoms with Crippen molar-refractivity contribution in [2.75, 3.05) is 11.9 Å². The Morgan fingerprint density at radius 2 is 1.90 bits per heavy atom. The van der Waals surface area contributed by atoms with Crippen molar-refractivity contribution < 1.29 is 13.2 Å². The second kappa shape index (κ2) is 8.68. The van der Waals surface area contributed by atoms with Gasteiger partial charge in [-0.05, 0) is 67.6 Å². The minimum atomic E-state index is -3.55. The van der Waals surface area contributed by atoms with Crippen LogP contribution in [-0.4, -0.2) is 36.2 Å². The molecule has 2 heterocycles. The van der Waals surface area contributed by atoms with Gasteiger partial charge >= 0.3 is 0 Å². The average molecular weight is 458 g/mol. The molecule has 31 heavy (non-hydrogen) atoms. The van der Waals surface area contributed by atoms with E-state index >= 15 is 0 Å². The highest BCUT2D eigenvalue weighted by molar-refractivity contribution is 7.89. The Kier molecular flexibility index (Phi) is 6.14. The van der Waals surface area contributed by atoms with E-state index in [1.54, 1.807) is 16.4 Å². The zero-order valence-corrected chi connectivity index (χ0v) is 19.6. The third kappa shape index (κ3) is 4.51. The molecular weight excluding hydrogens is 430 g/mol. The summed E-state index contributed by atoms with van der Waals surface area (Å²) < 4.78 is 28.5. The number of piperidine rings is 1. The summed E-state index contributed by atoms with van der Waals surface area (Å²) in [4.78, 5) is 17.4. The largest absolute Gasteiger partial charge is 0.298 e. The Balaban J connectivity index is 1.50. The molecule has 0 radical (unpaired) electrons. The number of sulfonamides is 1. The molecule has 0 bridgehead atoms. The summed E-state index contributed by atoms with van der Waals surface area (Å²) in [5, 5.41) is 3.36. The van der Waals surface area contributed by atoms with Crippen LogP contribution < -0.4 is 5.32 Å². The van der Waals surface area contributed by atoms with Crippen LogP contribution in [0.3, 0.4) is 0 Å². The van der Waals surface area contributed by atoms with Crippen molar-refractivity contribution in [3.05, 3.63) is 53.6 Å². The second-order valence-corrected chi connectivity index (χ2v) is 11.3. The molecule has 4 rings (SSSR count). The number of carbonyl (C=O) groups excluding carboxylic acids is 1. The summed E-state index contributed by atoms with van der Waals surface area (Å²) in [7, 11) is -3.55. The molecule has 1 aromatic heterocycles. The summed E-state index contributed by atoms with van der Waals surface area (Å²) in [6.07, 6.45) is 2.81. The molecule has 1 aliphatic heterocycles. The van der Waals surface area contributed by atoms with E-state index in [1.807, 2.05) is 13.0 Å². The molecule has 0 saturated carbocycles. The third-order valence-electron chi connectivity index (χ3n) is 5.76. The fraction of sp³-hybridized carbons (Fsp3) is 0.391. The Labute approximate surface area is 187 Å². The lowest BCUT2D eigenvalue weighted by atomic mass is 10.0. The van der Waals surface area contributed by atoms with Crippen LogP contribution in [0.15, 0.2) is 47.4 Å². The topological polar surface area (TPSA) is 79.4 Å².